The van der Waals surface area contributed by atoms with Crippen molar-refractivity contribution in [1.82, 2.24) is 20.3 Å². The molecule has 0 saturated carbocycles. The molecule has 0 bridgehead atoms. The molecule has 20 heavy (non-hydrogen) atoms. The van der Waals surface area contributed by atoms with E-state index in [0.29, 0.717) is 0 Å². The molecule has 0 aliphatic carbocycles. The highest BCUT2D eigenvalue weighted by atomic mass is 32.2. The Labute approximate surface area is 124 Å². The molecule has 2 aromatic rings. The summed E-state index contributed by atoms with van der Waals surface area (Å²) in [5, 5.41) is 12.3. The fourth-order valence-corrected chi connectivity index (χ4v) is 3.62. The summed E-state index contributed by atoms with van der Waals surface area (Å²) in [4.78, 5) is 1.69. The molecular weight excluding hydrogens is 268 g/mol. The van der Waals surface area contributed by atoms with E-state index in [1.54, 1.807) is 4.80 Å². The summed E-state index contributed by atoms with van der Waals surface area (Å²) in [6.07, 6.45) is 4.53. The molecule has 2 heterocycles. The smallest absolute Gasteiger partial charge is 0.0969 e. The van der Waals surface area contributed by atoms with Crippen molar-refractivity contribution in [2.45, 2.75) is 19.4 Å². The molecule has 4 nitrogen and oxygen atoms in total. The number of nitrogens with one attached hydrogen (secondary N) is 1. The molecule has 0 spiro atoms. The zero-order chi connectivity index (χ0) is 13.6. The Kier molecular flexibility index (Phi) is 4.71. The van der Waals surface area contributed by atoms with Gasteiger partial charge in [0.25, 0.3) is 0 Å². The van der Waals surface area contributed by atoms with E-state index < -0.39 is 0 Å². The first-order chi connectivity index (χ1) is 9.92. The van der Waals surface area contributed by atoms with Gasteiger partial charge in [0.1, 0.15) is 0 Å². The summed E-state index contributed by atoms with van der Waals surface area (Å²) in [6, 6.07) is 10.0. The number of para-hydroxylation sites is 1. The monoisotopic (exact) mass is 288 g/mol. The van der Waals surface area contributed by atoms with E-state index in [-0.39, 0.29) is 0 Å². The Morgan fingerprint density at radius 2 is 2.00 bits per heavy atom. The van der Waals surface area contributed by atoms with Gasteiger partial charge in [-0.15, -0.1) is 0 Å². The molecular formula is C15H20N4S. The van der Waals surface area contributed by atoms with Crippen LogP contribution in [-0.2, 0) is 6.54 Å². The highest BCUT2D eigenvalue weighted by molar-refractivity contribution is 7.99. The van der Waals surface area contributed by atoms with Gasteiger partial charge in [0.15, 0.2) is 0 Å². The second kappa shape index (κ2) is 6.90. The number of aromatic nitrogens is 3. The van der Waals surface area contributed by atoms with Crippen molar-refractivity contribution < 1.29 is 0 Å². The van der Waals surface area contributed by atoms with Crippen LogP contribution in [0.2, 0.25) is 0 Å². The van der Waals surface area contributed by atoms with E-state index in [1.807, 2.05) is 36.5 Å². The standard InChI is InChI=1S/C15H20N4S/c1-2-4-15(5-3-1)19-17-12-14(18-19)11-16-10-13-6-8-20-9-7-13/h1-5,12-13,16H,6-11H2. The summed E-state index contributed by atoms with van der Waals surface area (Å²) in [5.74, 6) is 3.47. The van der Waals surface area contributed by atoms with Gasteiger partial charge < -0.3 is 5.32 Å². The number of rotatable bonds is 5. The lowest BCUT2D eigenvalue weighted by atomic mass is 10.0. The van der Waals surface area contributed by atoms with Crippen LogP contribution in [0.5, 0.6) is 0 Å². The van der Waals surface area contributed by atoms with Gasteiger partial charge >= 0.3 is 0 Å². The third kappa shape index (κ3) is 3.61. The van der Waals surface area contributed by atoms with Gasteiger partial charge in [0, 0.05) is 6.54 Å². The molecule has 1 saturated heterocycles. The number of hydrogen-bond donors (Lipinski definition) is 1. The Hall–Kier alpha value is -1.33. The molecule has 106 valence electrons. The van der Waals surface area contributed by atoms with Crippen molar-refractivity contribution in [2.75, 3.05) is 18.1 Å². The summed E-state index contributed by atoms with van der Waals surface area (Å²) in [6.45, 7) is 1.90. The second-order valence-corrected chi connectivity index (χ2v) is 6.37. The van der Waals surface area contributed by atoms with Crippen molar-refractivity contribution in [3.8, 4) is 5.69 Å². The molecule has 0 unspecified atom stereocenters. The molecule has 3 rings (SSSR count). The van der Waals surface area contributed by atoms with Crippen LogP contribution in [0.4, 0.5) is 0 Å². The maximum Gasteiger partial charge on any atom is 0.0969 e. The minimum absolute atomic E-state index is 0.802. The Morgan fingerprint density at radius 1 is 1.20 bits per heavy atom. The molecule has 1 fully saturated rings. The third-order valence-electron chi connectivity index (χ3n) is 3.61. The fourth-order valence-electron chi connectivity index (χ4n) is 2.42. The van der Waals surface area contributed by atoms with Crippen LogP contribution in [0.15, 0.2) is 36.5 Å². The first-order valence-corrected chi connectivity index (χ1v) is 8.32. The van der Waals surface area contributed by atoms with E-state index in [1.165, 1.54) is 24.3 Å². The molecule has 1 aromatic carbocycles. The predicted molar refractivity (Wildman–Crippen MR) is 83.1 cm³/mol. The van der Waals surface area contributed by atoms with Gasteiger partial charge in [0.05, 0.1) is 17.6 Å². The number of hydrogen-bond acceptors (Lipinski definition) is 4. The molecule has 0 amide bonds. The second-order valence-electron chi connectivity index (χ2n) is 5.15. The van der Waals surface area contributed by atoms with Crippen LogP contribution in [0, 0.1) is 5.92 Å². The van der Waals surface area contributed by atoms with Gasteiger partial charge in [-0.2, -0.15) is 26.8 Å². The number of nitrogens with zero attached hydrogens (tertiary/aromatic N) is 3. The van der Waals surface area contributed by atoms with Crippen molar-refractivity contribution >= 4 is 11.8 Å². The average molecular weight is 288 g/mol. The minimum Gasteiger partial charge on any atom is -0.311 e. The van der Waals surface area contributed by atoms with Crippen LogP contribution in [-0.4, -0.2) is 33.0 Å². The number of benzene rings is 1. The zero-order valence-electron chi connectivity index (χ0n) is 11.5. The van der Waals surface area contributed by atoms with Crippen molar-refractivity contribution in [2.24, 2.45) is 5.92 Å². The predicted octanol–water partition coefficient (Wildman–Crippen LogP) is 2.50. The first kappa shape index (κ1) is 13.6. The van der Waals surface area contributed by atoms with Gasteiger partial charge in [-0.25, -0.2) is 0 Å². The Morgan fingerprint density at radius 3 is 2.80 bits per heavy atom. The summed E-state index contributed by atoms with van der Waals surface area (Å²) in [5.41, 5.74) is 2.00. The molecule has 5 heteroatoms. The van der Waals surface area contributed by atoms with Gasteiger partial charge in [-0.3, -0.25) is 0 Å². The fraction of sp³-hybridized carbons (Fsp3) is 0.467. The van der Waals surface area contributed by atoms with E-state index in [9.17, 15) is 0 Å². The lowest BCUT2D eigenvalue weighted by Gasteiger charge is -2.21. The van der Waals surface area contributed by atoms with E-state index in [2.05, 4.69) is 27.3 Å². The molecule has 1 aliphatic heterocycles. The van der Waals surface area contributed by atoms with E-state index in [4.69, 9.17) is 0 Å². The zero-order valence-corrected chi connectivity index (χ0v) is 12.4. The lowest BCUT2D eigenvalue weighted by Crippen LogP contribution is -2.25. The average Bonchev–Trinajstić information content (AvgIpc) is 2.98. The SMILES string of the molecule is c1ccc(-n2ncc(CNCC3CCSCC3)n2)cc1. The van der Waals surface area contributed by atoms with Crippen LogP contribution < -0.4 is 5.32 Å². The topological polar surface area (TPSA) is 42.7 Å². The van der Waals surface area contributed by atoms with Gasteiger partial charge in [-0.1, -0.05) is 18.2 Å². The van der Waals surface area contributed by atoms with Crippen molar-refractivity contribution in [3.63, 3.8) is 0 Å². The van der Waals surface area contributed by atoms with Crippen molar-refractivity contribution in [1.29, 1.82) is 0 Å². The van der Waals surface area contributed by atoms with E-state index >= 15 is 0 Å². The molecule has 1 N–H and O–H groups in total. The molecule has 1 aliphatic rings. The first-order valence-electron chi connectivity index (χ1n) is 7.17. The quantitative estimate of drug-likeness (QED) is 0.918. The highest BCUT2D eigenvalue weighted by Gasteiger charge is 2.13. The van der Waals surface area contributed by atoms with Crippen LogP contribution >= 0.6 is 11.8 Å². The Bertz CT molecular complexity index is 520. The van der Waals surface area contributed by atoms with Crippen LogP contribution in [0.1, 0.15) is 18.5 Å². The molecule has 1 aromatic heterocycles. The van der Waals surface area contributed by atoms with Gasteiger partial charge in [0.2, 0.25) is 0 Å². The Balaban J connectivity index is 1.50. The van der Waals surface area contributed by atoms with Crippen LogP contribution in [0.25, 0.3) is 5.69 Å². The third-order valence-corrected chi connectivity index (χ3v) is 4.66. The molecule has 0 atom stereocenters. The maximum absolute atomic E-state index is 4.50. The largest absolute Gasteiger partial charge is 0.311 e. The summed E-state index contributed by atoms with van der Waals surface area (Å²) in [7, 11) is 0. The van der Waals surface area contributed by atoms with Crippen LogP contribution in [0.3, 0.4) is 0 Å². The maximum atomic E-state index is 4.50. The molecule has 0 radical (unpaired) electrons. The summed E-state index contributed by atoms with van der Waals surface area (Å²) < 4.78 is 0. The normalized spacial score (nSPS) is 16.4. The highest BCUT2D eigenvalue weighted by Crippen LogP contribution is 2.21. The van der Waals surface area contributed by atoms with Gasteiger partial charge in [-0.05, 0) is 48.9 Å². The van der Waals surface area contributed by atoms with Crippen molar-refractivity contribution in [3.05, 3.63) is 42.2 Å². The summed E-state index contributed by atoms with van der Waals surface area (Å²) >= 11 is 2.08. The number of thioether (sulfide) groups is 1. The van der Waals surface area contributed by atoms with E-state index in [0.717, 1.165) is 30.4 Å². The lowest BCUT2D eigenvalue weighted by molar-refractivity contribution is 0.445. The minimum atomic E-state index is 0.802.